The fourth-order valence-corrected chi connectivity index (χ4v) is 4.76. The molecule has 7 nitrogen and oxygen atoms in total. The number of aromatic nitrogens is 4. The van der Waals surface area contributed by atoms with Crippen molar-refractivity contribution in [2.75, 3.05) is 6.26 Å². The molecule has 29 heavy (non-hydrogen) atoms. The van der Waals surface area contributed by atoms with Crippen molar-refractivity contribution in [1.29, 1.82) is 0 Å². The Morgan fingerprint density at radius 1 is 1.10 bits per heavy atom. The van der Waals surface area contributed by atoms with Crippen LogP contribution >= 0.6 is 23.4 Å². The molecule has 0 aliphatic heterocycles. The smallest absolute Gasteiger partial charge is 0.269 e. The molecule has 0 aliphatic carbocycles. The summed E-state index contributed by atoms with van der Waals surface area (Å²) in [6.45, 7) is 0. The minimum absolute atomic E-state index is 0.113. The van der Waals surface area contributed by atoms with E-state index in [0.717, 1.165) is 3.97 Å². The van der Waals surface area contributed by atoms with Crippen LogP contribution in [0.1, 0.15) is 17.2 Å². The summed E-state index contributed by atoms with van der Waals surface area (Å²) in [4.78, 5) is 12.7. The fraction of sp³-hybridized carbons (Fsp3) is 0.105. The zero-order valence-electron chi connectivity index (χ0n) is 15.1. The largest absolute Gasteiger partial charge is 0.383 e. The number of fused-ring (bicyclic) bond motifs is 1. The van der Waals surface area contributed by atoms with E-state index in [1.807, 2.05) is 6.26 Å². The highest BCUT2D eigenvalue weighted by atomic mass is 35.5. The Kier molecular flexibility index (Phi) is 5.30. The van der Waals surface area contributed by atoms with Crippen molar-refractivity contribution in [3.63, 3.8) is 0 Å². The molecule has 10 heteroatoms. The number of halogens is 1. The van der Waals surface area contributed by atoms with Crippen molar-refractivity contribution in [1.82, 2.24) is 18.9 Å². The summed E-state index contributed by atoms with van der Waals surface area (Å²) in [6, 6.07) is 9.60. The first kappa shape index (κ1) is 19.8. The molecule has 0 amide bonds. The molecule has 4 rings (SSSR count). The zero-order chi connectivity index (χ0) is 20.6. The van der Waals surface area contributed by atoms with E-state index in [1.165, 1.54) is 48.7 Å². The summed E-state index contributed by atoms with van der Waals surface area (Å²) >= 11 is 7.47. The number of rotatable bonds is 5. The Labute approximate surface area is 176 Å². The topological polar surface area (TPSA) is 98.0 Å². The number of benzene rings is 1. The highest BCUT2D eigenvalue weighted by molar-refractivity contribution is 7.98. The molecule has 0 radical (unpaired) electrons. The average molecular weight is 447 g/mol. The quantitative estimate of drug-likeness (QED) is 0.370. The summed E-state index contributed by atoms with van der Waals surface area (Å²) in [5, 5.41) is 12.3. The molecular weight excluding hydrogens is 432 g/mol. The summed E-state index contributed by atoms with van der Waals surface area (Å²) in [7, 11) is -3.92. The second kappa shape index (κ2) is 7.75. The zero-order valence-corrected chi connectivity index (χ0v) is 17.5. The molecule has 0 bridgehead atoms. The van der Waals surface area contributed by atoms with Crippen LogP contribution in [0.25, 0.3) is 11.0 Å². The van der Waals surface area contributed by atoms with E-state index in [-0.39, 0.29) is 10.5 Å². The van der Waals surface area contributed by atoms with E-state index in [2.05, 4.69) is 15.0 Å². The number of thioether (sulfide) groups is 1. The SMILES string of the molecule is CSc1ncc([C@H](O)c2cn(S(=O)(=O)c3ccccc3)c3ncc(Cl)cc23)cn1. The maximum absolute atomic E-state index is 13.2. The monoisotopic (exact) mass is 446 g/mol. The van der Waals surface area contributed by atoms with Gasteiger partial charge in [0.15, 0.2) is 10.8 Å². The van der Waals surface area contributed by atoms with Crippen molar-refractivity contribution < 1.29 is 13.5 Å². The lowest BCUT2D eigenvalue weighted by Crippen LogP contribution is -2.12. The van der Waals surface area contributed by atoms with Gasteiger partial charge in [-0.3, -0.25) is 0 Å². The lowest BCUT2D eigenvalue weighted by atomic mass is 10.0. The van der Waals surface area contributed by atoms with Gasteiger partial charge in [-0.1, -0.05) is 41.6 Å². The van der Waals surface area contributed by atoms with Gasteiger partial charge in [0.2, 0.25) is 0 Å². The summed E-state index contributed by atoms with van der Waals surface area (Å²) in [6.07, 6.45) is 6.45. The molecule has 1 aromatic carbocycles. The predicted octanol–water partition coefficient (Wildman–Crippen LogP) is 3.52. The summed E-state index contributed by atoms with van der Waals surface area (Å²) in [5.41, 5.74) is 0.947. The van der Waals surface area contributed by atoms with Crippen LogP contribution in [-0.4, -0.2) is 38.7 Å². The fourth-order valence-electron chi connectivity index (χ4n) is 2.94. The van der Waals surface area contributed by atoms with Gasteiger partial charge in [-0.25, -0.2) is 27.3 Å². The molecule has 0 spiro atoms. The van der Waals surface area contributed by atoms with E-state index in [1.54, 1.807) is 24.3 Å². The molecule has 0 saturated carbocycles. The van der Waals surface area contributed by atoms with Crippen LogP contribution < -0.4 is 0 Å². The minimum atomic E-state index is -3.92. The van der Waals surface area contributed by atoms with Gasteiger partial charge in [-0.05, 0) is 24.5 Å². The van der Waals surface area contributed by atoms with Gasteiger partial charge in [0.1, 0.15) is 6.10 Å². The van der Waals surface area contributed by atoms with Crippen LogP contribution in [0.5, 0.6) is 0 Å². The van der Waals surface area contributed by atoms with Gasteiger partial charge < -0.3 is 5.11 Å². The molecule has 0 fully saturated rings. The summed E-state index contributed by atoms with van der Waals surface area (Å²) in [5.74, 6) is 0. The standard InChI is InChI=1S/C19H15ClN4O3S2/c1-28-19-22-8-12(9-23-19)17(25)16-11-24(18-15(16)7-13(20)10-21-18)29(26,27)14-5-3-2-4-6-14/h2-11,17,25H,1H3/t17-/m0/s1. The van der Waals surface area contributed by atoms with Gasteiger partial charge in [0.25, 0.3) is 10.0 Å². The second-order valence-electron chi connectivity index (χ2n) is 6.13. The van der Waals surface area contributed by atoms with Crippen molar-refractivity contribution in [3.8, 4) is 0 Å². The van der Waals surface area contributed by atoms with E-state index in [4.69, 9.17) is 11.6 Å². The molecule has 148 valence electrons. The molecule has 0 saturated heterocycles. The Bertz CT molecular complexity index is 1280. The molecule has 3 heterocycles. The van der Waals surface area contributed by atoms with Crippen LogP contribution in [0, 0.1) is 0 Å². The molecular formula is C19H15ClN4O3S2. The minimum Gasteiger partial charge on any atom is -0.383 e. The highest BCUT2D eigenvalue weighted by Gasteiger charge is 2.25. The lowest BCUT2D eigenvalue weighted by Gasteiger charge is -2.09. The third kappa shape index (κ3) is 3.62. The van der Waals surface area contributed by atoms with Crippen LogP contribution in [0.3, 0.4) is 0 Å². The summed E-state index contributed by atoms with van der Waals surface area (Å²) < 4.78 is 27.4. The number of nitrogens with zero attached hydrogens (tertiary/aromatic N) is 4. The first-order valence-electron chi connectivity index (χ1n) is 8.43. The third-order valence-corrected chi connectivity index (χ3v) is 6.80. The van der Waals surface area contributed by atoms with Crippen LogP contribution in [0.2, 0.25) is 5.02 Å². The van der Waals surface area contributed by atoms with Crippen molar-refractivity contribution in [2.45, 2.75) is 16.2 Å². The molecule has 1 N–H and O–H groups in total. The molecule has 3 aromatic heterocycles. The number of hydrogen-bond acceptors (Lipinski definition) is 7. The molecule has 0 unspecified atom stereocenters. The molecule has 0 aliphatic rings. The Hall–Kier alpha value is -2.46. The Morgan fingerprint density at radius 3 is 2.45 bits per heavy atom. The number of aliphatic hydroxyl groups is 1. The highest BCUT2D eigenvalue weighted by Crippen LogP contribution is 2.33. The normalized spacial score (nSPS) is 12.9. The van der Waals surface area contributed by atoms with E-state index in [0.29, 0.717) is 26.7 Å². The lowest BCUT2D eigenvalue weighted by molar-refractivity contribution is 0.220. The van der Waals surface area contributed by atoms with E-state index >= 15 is 0 Å². The number of aliphatic hydroxyl groups excluding tert-OH is 1. The van der Waals surface area contributed by atoms with E-state index in [9.17, 15) is 13.5 Å². The van der Waals surface area contributed by atoms with Gasteiger partial charge in [-0.2, -0.15) is 0 Å². The molecule has 4 aromatic rings. The number of pyridine rings is 1. The maximum atomic E-state index is 13.2. The van der Waals surface area contributed by atoms with Crippen molar-refractivity contribution in [3.05, 3.63) is 77.3 Å². The second-order valence-corrected chi connectivity index (χ2v) is 9.15. The predicted molar refractivity (Wildman–Crippen MR) is 112 cm³/mol. The third-order valence-electron chi connectivity index (χ3n) is 4.35. The van der Waals surface area contributed by atoms with Crippen LogP contribution in [0.15, 0.2) is 71.2 Å². The molecule has 1 atom stereocenters. The van der Waals surface area contributed by atoms with Crippen molar-refractivity contribution >= 4 is 44.4 Å². The van der Waals surface area contributed by atoms with Crippen LogP contribution in [0.4, 0.5) is 0 Å². The first-order chi connectivity index (χ1) is 13.9. The van der Waals surface area contributed by atoms with Gasteiger partial charge in [0, 0.05) is 41.3 Å². The average Bonchev–Trinajstić information content (AvgIpc) is 3.13. The van der Waals surface area contributed by atoms with Gasteiger partial charge >= 0.3 is 0 Å². The number of hydrogen-bond donors (Lipinski definition) is 1. The Balaban J connectivity index is 1.90. The Morgan fingerprint density at radius 2 is 1.79 bits per heavy atom. The first-order valence-corrected chi connectivity index (χ1v) is 11.5. The van der Waals surface area contributed by atoms with Crippen molar-refractivity contribution in [2.24, 2.45) is 0 Å². The maximum Gasteiger partial charge on any atom is 0.269 e. The van der Waals surface area contributed by atoms with Gasteiger partial charge in [-0.15, -0.1) is 0 Å². The van der Waals surface area contributed by atoms with Gasteiger partial charge in [0.05, 0.1) is 9.92 Å². The van der Waals surface area contributed by atoms with E-state index < -0.39 is 16.1 Å². The van der Waals surface area contributed by atoms with Crippen LogP contribution in [-0.2, 0) is 10.0 Å².